The van der Waals surface area contributed by atoms with Gasteiger partial charge in [-0.15, -0.1) is 11.3 Å². The van der Waals surface area contributed by atoms with Crippen LogP contribution in [0.15, 0.2) is 17.5 Å². The van der Waals surface area contributed by atoms with Crippen molar-refractivity contribution in [2.45, 2.75) is 25.8 Å². The normalized spacial score (nSPS) is 17.2. The fraction of sp³-hybridized carbons (Fsp3) is 0.529. The Bertz CT molecular complexity index is 670. The molecule has 0 aromatic carbocycles. The van der Waals surface area contributed by atoms with Crippen molar-refractivity contribution in [3.05, 3.63) is 33.6 Å². The SMILES string of the molecule is CNc1nc(C2CCOC2)cc(N(CCO)Cc2sccc2C)n1. The highest BCUT2D eigenvalue weighted by Gasteiger charge is 2.22. The highest BCUT2D eigenvalue weighted by Crippen LogP contribution is 2.28. The van der Waals surface area contributed by atoms with Crippen LogP contribution >= 0.6 is 11.3 Å². The van der Waals surface area contributed by atoms with E-state index >= 15 is 0 Å². The summed E-state index contributed by atoms with van der Waals surface area (Å²) in [5.41, 5.74) is 2.28. The van der Waals surface area contributed by atoms with E-state index in [1.165, 1.54) is 10.4 Å². The van der Waals surface area contributed by atoms with E-state index in [-0.39, 0.29) is 6.61 Å². The first kappa shape index (κ1) is 17.1. The number of aliphatic hydroxyl groups excluding tert-OH is 1. The monoisotopic (exact) mass is 348 g/mol. The topological polar surface area (TPSA) is 70.5 Å². The van der Waals surface area contributed by atoms with Gasteiger partial charge < -0.3 is 20.1 Å². The van der Waals surface area contributed by atoms with Crippen LogP contribution in [0.25, 0.3) is 0 Å². The summed E-state index contributed by atoms with van der Waals surface area (Å²) in [6.45, 7) is 4.98. The molecule has 130 valence electrons. The van der Waals surface area contributed by atoms with Crippen LogP contribution in [0.2, 0.25) is 0 Å². The van der Waals surface area contributed by atoms with Gasteiger partial charge in [0.05, 0.1) is 25.5 Å². The maximum absolute atomic E-state index is 9.49. The molecular weight excluding hydrogens is 324 g/mol. The van der Waals surface area contributed by atoms with Crippen molar-refractivity contribution in [2.75, 3.05) is 43.6 Å². The molecule has 0 aliphatic carbocycles. The van der Waals surface area contributed by atoms with Gasteiger partial charge in [-0.2, -0.15) is 4.98 Å². The zero-order valence-electron chi connectivity index (χ0n) is 14.2. The van der Waals surface area contributed by atoms with Gasteiger partial charge in [-0.05, 0) is 30.4 Å². The van der Waals surface area contributed by atoms with E-state index in [0.29, 0.717) is 25.0 Å². The standard InChI is InChI=1S/C17H24N4O2S/c1-12-4-8-24-15(12)10-21(5-6-22)16-9-14(13-3-7-23-11-13)19-17(18-2)20-16/h4,8-9,13,22H,3,5-7,10-11H2,1-2H3,(H,18,19,20). The Labute approximate surface area is 146 Å². The number of hydrogen-bond donors (Lipinski definition) is 2. The van der Waals surface area contributed by atoms with Gasteiger partial charge in [0.1, 0.15) is 5.82 Å². The maximum Gasteiger partial charge on any atom is 0.224 e. The molecule has 0 bridgehead atoms. The third-order valence-corrected chi connectivity index (χ3v) is 5.31. The van der Waals surface area contributed by atoms with Gasteiger partial charge >= 0.3 is 0 Å². The molecule has 1 unspecified atom stereocenters. The third-order valence-electron chi connectivity index (χ3n) is 4.30. The van der Waals surface area contributed by atoms with E-state index in [0.717, 1.165) is 31.1 Å². The Hall–Kier alpha value is -1.70. The summed E-state index contributed by atoms with van der Waals surface area (Å²) in [4.78, 5) is 12.6. The van der Waals surface area contributed by atoms with E-state index < -0.39 is 0 Å². The number of ether oxygens (including phenoxy) is 1. The minimum atomic E-state index is 0.0885. The summed E-state index contributed by atoms with van der Waals surface area (Å²) < 4.78 is 5.50. The molecule has 3 rings (SSSR count). The Morgan fingerprint density at radius 3 is 2.96 bits per heavy atom. The van der Waals surface area contributed by atoms with Gasteiger partial charge in [0.2, 0.25) is 5.95 Å². The first-order chi connectivity index (χ1) is 11.7. The van der Waals surface area contributed by atoms with Crippen molar-refractivity contribution >= 4 is 23.1 Å². The van der Waals surface area contributed by atoms with Crippen LogP contribution in [0, 0.1) is 6.92 Å². The molecule has 1 aliphatic heterocycles. The molecule has 7 heteroatoms. The van der Waals surface area contributed by atoms with Gasteiger partial charge in [-0.1, -0.05) is 0 Å². The minimum absolute atomic E-state index is 0.0885. The molecule has 2 aromatic rings. The summed E-state index contributed by atoms with van der Waals surface area (Å²) >= 11 is 1.74. The first-order valence-electron chi connectivity index (χ1n) is 8.24. The van der Waals surface area contributed by atoms with Gasteiger partial charge in [-0.3, -0.25) is 0 Å². The molecule has 1 atom stereocenters. The molecule has 2 aromatic heterocycles. The molecule has 6 nitrogen and oxygen atoms in total. The second-order valence-corrected chi connectivity index (χ2v) is 6.96. The minimum Gasteiger partial charge on any atom is -0.395 e. The van der Waals surface area contributed by atoms with E-state index in [2.05, 4.69) is 38.6 Å². The van der Waals surface area contributed by atoms with Crippen molar-refractivity contribution in [1.82, 2.24) is 9.97 Å². The van der Waals surface area contributed by atoms with E-state index in [4.69, 9.17) is 4.74 Å². The molecule has 0 saturated carbocycles. The van der Waals surface area contributed by atoms with Crippen LogP contribution in [0.1, 0.15) is 28.5 Å². The van der Waals surface area contributed by atoms with Crippen molar-refractivity contribution in [1.29, 1.82) is 0 Å². The van der Waals surface area contributed by atoms with Crippen LogP contribution in [0.3, 0.4) is 0 Å². The van der Waals surface area contributed by atoms with E-state index in [1.807, 2.05) is 13.1 Å². The second kappa shape index (κ2) is 7.92. The number of nitrogens with zero attached hydrogens (tertiary/aromatic N) is 3. The number of rotatable bonds is 7. The number of aromatic nitrogens is 2. The molecule has 1 aliphatic rings. The molecule has 3 heterocycles. The lowest BCUT2D eigenvalue weighted by Gasteiger charge is -2.24. The zero-order valence-corrected chi connectivity index (χ0v) is 15.0. The fourth-order valence-corrected chi connectivity index (χ4v) is 3.76. The lowest BCUT2D eigenvalue weighted by atomic mass is 10.0. The number of aliphatic hydroxyl groups is 1. The number of anilines is 2. The molecule has 24 heavy (non-hydrogen) atoms. The van der Waals surface area contributed by atoms with Crippen molar-refractivity contribution < 1.29 is 9.84 Å². The maximum atomic E-state index is 9.49. The number of hydrogen-bond acceptors (Lipinski definition) is 7. The van der Waals surface area contributed by atoms with Crippen LogP contribution in [0.5, 0.6) is 0 Å². The number of thiophene rings is 1. The summed E-state index contributed by atoms with van der Waals surface area (Å²) in [6, 6.07) is 4.16. The highest BCUT2D eigenvalue weighted by atomic mass is 32.1. The fourth-order valence-electron chi connectivity index (χ4n) is 2.84. The molecule has 0 amide bonds. The predicted octanol–water partition coefficient (Wildman–Crippen LogP) is 2.39. The van der Waals surface area contributed by atoms with Crippen LogP contribution in [-0.2, 0) is 11.3 Å². The zero-order chi connectivity index (χ0) is 16.9. The summed E-state index contributed by atoms with van der Waals surface area (Å²) in [5, 5.41) is 14.6. The Morgan fingerprint density at radius 2 is 2.33 bits per heavy atom. The first-order valence-corrected chi connectivity index (χ1v) is 9.12. The number of aryl methyl sites for hydroxylation is 1. The Balaban J connectivity index is 1.90. The Morgan fingerprint density at radius 1 is 1.46 bits per heavy atom. The summed E-state index contributed by atoms with van der Waals surface area (Å²) in [6.07, 6.45) is 0.990. The quantitative estimate of drug-likeness (QED) is 0.801. The molecular formula is C17H24N4O2S. The van der Waals surface area contributed by atoms with Gasteiger partial charge in [0.15, 0.2) is 0 Å². The van der Waals surface area contributed by atoms with E-state index in [9.17, 15) is 5.11 Å². The predicted molar refractivity (Wildman–Crippen MR) is 96.9 cm³/mol. The Kier molecular flexibility index (Phi) is 5.65. The molecule has 2 N–H and O–H groups in total. The lowest BCUT2D eigenvalue weighted by Crippen LogP contribution is -2.27. The average molecular weight is 348 g/mol. The lowest BCUT2D eigenvalue weighted by molar-refractivity contribution is 0.193. The highest BCUT2D eigenvalue weighted by molar-refractivity contribution is 7.10. The molecule has 0 spiro atoms. The smallest absolute Gasteiger partial charge is 0.224 e. The summed E-state index contributed by atoms with van der Waals surface area (Å²) in [5.74, 6) is 1.77. The van der Waals surface area contributed by atoms with Crippen molar-refractivity contribution in [3.63, 3.8) is 0 Å². The van der Waals surface area contributed by atoms with Crippen LogP contribution < -0.4 is 10.2 Å². The van der Waals surface area contributed by atoms with E-state index in [1.54, 1.807) is 11.3 Å². The van der Waals surface area contributed by atoms with Crippen LogP contribution in [0.4, 0.5) is 11.8 Å². The largest absolute Gasteiger partial charge is 0.395 e. The van der Waals surface area contributed by atoms with Crippen molar-refractivity contribution in [2.24, 2.45) is 0 Å². The van der Waals surface area contributed by atoms with Gasteiger partial charge in [0, 0.05) is 37.1 Å². The summed E-state index contributed by atoms with van der Waals surface area (Å²) in [7, 11) is 1.83. The average Bonchev–Trinajstić information content (AvgIpc) is 3.26. The van der Waals surface area contributed by atoms with Gasteiger partial charge in [-0.25, -0.2) is 4.98 Å². The second-order valence-electron chi connectivity index (χ2n) is 5.96. The molecule has 0 radical (unpaired) electrons. The van der Waals surface area contributed by atoms with Crippen molar-refractivity contribution in [3.8, 4) is 0 Å². The molecule has 1 saturated heterocycles. The van der Waals surface area contributed by atoms with Gasteiger partial charge in [0.25, 0.3) is 0 Å². The third kappa shape index (κ3) is 3.85. The van der Waals surface area contributed by atoms with Crippen LogP contribution in [-0.4, -0.2) is 48.5 Å². The molecule has 1 fully saturated rings. The number of nitrogens with one attached hydrogen (secondary N) is 1.